The number of aryl methyl sites for hydroxylation is 1. The highest BCUT2D eigenvalue weighted by molar-refractivity contribution is 7.92. The molecule has 0 aliphatic heterocycles. The molecule has 5 nitrogen and oxygen atoms in total. The van der Waals surface area contributed by atoms with Crippen molar-refractivity contribution < 1.29 is 13.5 Å². The largest absolute Gasteiger partial charge is 0.505 e. The van der Waals surface area contributed by atoms with E-state index in [-0.39, 0.29) is 16.3 Å². The van der Waals surface area contributed by atoms with Gasteiger partial charge in [0.25, 0.3) is 10.0 Å². The molecule has 1 aromatic carbocycles. The number of phenolic OH excluding ortho intramolecular Hbond substituents is 1. The molecule has 0 saturated carbocycles. The number of nitrogens with one attached hydrogen (secondary N) is 1. The van der Waals surface area contributed by atoms with Gasteiger partial charge >= 0.3 is 0 Å². The van der Waals surface area contributed by atoms with Crippen LogP contribution in [0.4, 0.5) is 5.69 Å². The molecule has 2 N–H and O–H groups in total. The number of aromatic hydroxyl groups is 1. The summed E-state index contributed by atoms with van der Waals surface area (Å²) in [7, 11) is -3.73. The molecule has 18 heavy (non-hydrogen) atoms. The zero-order valence-corrected chi connectivity index (χ0v) is 10.5. The quantitative estimate of drug-likeness (QED) is 0.830. The van der Waals surface area contributed by atoms with E-state index >= 15 is 0 Å². The molecular weight excluding hydrogens is 252 g/mol. The maximum Gasteiger partial charge on any atom is 0.263 e. The molecule has 0 radical (unpaired) electrons. The Morgan fingerprint density at radius 1 is 1.22 bits per heavy atom. The maximum atomic E-state index is 12.0. The number of hydrogen-bond donors (Lipinski definition) is 2. The monoisotopic (exact) mass is 264 g/mol. The smallest absolute Gasteiger partial charge is 0.263 e. The molecule has 0 aliphatic carbocycles. The molecule has 2 rings (SSSR count). The number of aromatic nitrogens is 1. The molecule has 0 bridgehead atoms. The number of para-hydroxylation sites is 1. The number of pyridine rings is 1. The van der Waals surface area contributed by atoms with Gasteiger partial charge in [-0.3, -0.25) is 9.71 Å². The lowest BCUT2D eigenvalue weighted by molar-refractivity contribution is 0.473. The number of nitrogens with zero attached hydrogens (tertiary/aromatic N) is 1. The first-order valence-electron chi connectivity index (χ1n) is 5.22. The third-order valence-corrected chi connectivity index (χ3v) is 3.78. The molecule has 1 heterocycles. The van der Waals surface area contributed by atoms with E-state index in [0.717, 1.165) is 0 Å². The van der Waals surface area contributed by atoms with Gasteiger partial charge in [-0.25, -0.2) is 8.42 Å². The van der Waals surface area contributed by atoms with Crippen molar-refractivity contribution in [2.45, 2.75) is 11.8 Å². The summed E-state index contributed by atoms with van der Waals surface area (Å²) in [5, 5.41) is 9.77. The van der Waals surface area contributed by atoms with Crippen LogP contribution in [-0.4, -0.2) is 18.5 Å². The molecule has 0 saturated heterocycles. The number of anilines is 1. The third-order valence-electron chi connectivity index (χ3n) is 2.43. The minimum Gasteiger partial charge on any atom is -0.505 e. The highest BCUT2D eigenvalue weighted by atomic mass is 32.2. The molecule has 0 atom stereocenters. The third kappa shape index (κ3) is 2.43. The van der Waals surface area contributed by atoms with Gasteiger partial charge < -0.3 is 5.11 Å². The lowest BCUT2D eigenvalue weighted by Crippen LogP contribution is -2.13. The van der Waals surface area contributed by atoms with E-state index in [1.807, 2.05) is 0 Å². The van der Waals surface area contributed by atoms with Crippen molar-refractivity contribution in [2.24, 2.45) is 0 Å². The summed E-state index contributed by atoms with van der Waals surface area (Å²) >= 11 is 0. The Bertz CT molecular complexity index is 654. The predicted molar refractivity (Wildman–Crippen MR) is 67.9 cm³/mol. The average Bonchev–Trinajstić information content (AvgIpc) is 2.36. The zero-order chi connectivity index (χ0) is 13.2. The average molecular weight is 264 g/mol. The van der Waals surface area contributed by atoms with E-state index in [0.29, 0.717) is 5.56 Å². The van der Waals surface area contributed by atoms with E-state index in [1.165, 1.54) is 30.6 Å². The van der Waals surface area contributed by atoms with Gasteiger partial charge in [0.05, 0.1) is 5.69 Å². The van der Waals surface area contributed by atoms with E-state index in [1.54, 1.807) is 19.1 Å². The van der Waals surface area contributed by atoms with Gasteiger partial charge in [0.1, 0.15) is 10.6 Å². The summed E-state index contributed by atoms with van der Waals surface area (Å²) in [4.78, 5) is 3.80. The van der Waals surface area contributed by atoms with Crippen LogP contribution in [0, 0.1) is 6.92 Å². The standard InChI is InChI=1S/C12H12N2O3S/c1-9-4-2-6-11(12(9)15)14-18(16,17)10-5-3-7-13-8-10/h2-8,14-15H,1H3. The molecule has 0 fully saturated rings. The first kappa shape index (κ1) is 12.4. The fraction of sp³-hybridized carbons (Fsp3) is 0.0833. The van der Waals surface area contributed by atoms with Crippen LogP contribution in [0.5, 0.6) is 5.75 Å². The van der Waals surface area contributed by atoms with Crippen molar-refractivity contribution in [1.82, 2.24) is 4.98 Å². The summed E-state index contributed by atoms with van der Waals surface area (Å²) in [5.74, 6) is -0.0787. The number of sulfonamides is 1. The van der Waals surface area contributed by atoms with E-state index in [9.17, 15) is 13.5 Å². The van der Waals surface area contributed by atoms with Crippen molar-refractivity contribution in [1.29, 1.82) is 0 Å². The molecule has 0 spiro atoms. The second kappa shape index (κ2) is 4.66. The lowest BCUT2D eigenvalue weighted by atomic mass is 10.2. The highest BCUT2D eigenvalue weighted by Gasteiger charge is 2.16. The SMILES string of the molecule is Cc1cccc(NS(=O)(=O)c2cccnc2)c1O. The summed E-state index contributed by atoms with van der Waals surface area (Å²) < 4.78 is 26.3. The number of phenols is 1. The van der Waals surface area contributed by atoms with Gasteiger partial charge in [0.15, 0.2) is 0 Å². The summed E-state index contributed by atoms with van der Waals surface area (Å²) in [6.45, 7) is 1.69. The van der Waals surface area contributed by atoms with Gasteiger partial charge in [0.2, 0.25) is 0 Å². The molecule has 2 aromatic rings. The van der Waals surface area contributed by atoms with E-state index in [4.69, 9.17) is 0 Å². The van der Waals surface area contributed by atoms with Crippen molar-refractivity contribution in [3.8, 4) is 5.75 Å². The Kier molecular flexibility index (Phi) is 3.20. The Balaban J connectivity index is 2.37. The fourth-order valence-corrected chi connectivity index (χ4v) is 2.48. The van der Waals surface area contributed by atoms with Gasteiger partial charge in [-0.2, -0.15) is 0 Å². The minimum atomic E-state index is -3.73. The van der Waals surface area contributed by atoms with Crippen LogP contribution >= 0.6 is 0 Å². The van der Waals surface area contributed by atoms with Crippen LogP contribution in [0.3, 0.4) is 0 Å². The Morgan fingerprint density at radius 2 is 2.00 bits per heavy atom. The topological polar surface area (TPSA) is 79.3 Å². The lowest BCUT2D eigenvalue weighted by Gasteiger charge is -2.10. The van der Waals surface area contributed by atoms with Crippen molar-refractivity contribution in [3.63, 3.8) is 0 Å². The van der Waals surface area contributed by atoms with Crippen LogP contribution in [0.2, 0.25) is 0 Å². The van der Waals surface area contributed by atoms with Crippen molar-refractivity contribution in [2.75, 3.05) is 4.72 Å². The minimum absolute atomic E-state index is 0.0471. The number of rotatable bonds is 3. The molecular formula is C12H12N2O3S. The summed E-state index contributed by atoms with van der Waals surface area (Å²) in [6, 6.07) is 7.82. The molecule has 6 heteroatoms. The van der Waals surface area contributed by atoms with E-state index < -0.39 is 10.0 Å². The van der Waals surface area contributed by atoms with Crippen molar-refractivity contribution >= 4 is 15.7 Å². The molecule has 1 aromatic heterocycles. The molecule has 94 valence electrons. The number of hydrogen-bond acceptors (Lipinski definition) is 4. The van der Waals surface area contributed by atoms with Crippen LogP contribution < -0.4 is 4.72 Å². The first-order chi connectivity index (χ1) is 8.50. The zero-order valence-electron chi connectivity index (χ0n) is 9.66. The predicted octanol–water partition coefficient (Wildman–Crippen LogP) is 1.90. The van der Waals surface area contributed by atoms with E-state index in [2.05, 4.69) is 9.71 Å². The Hall–Kier alpha value is -2.08. The van der Waals surface area contributed by atoms with Crippen LogP contribution in [-0.2, 0) is 10.0 Å². The Labute approximate surface area is 105 Å². The van der Waals surface area contributed by atoms with Crippen LogP contribution in [0.25, 0.3) is 0 Å². The molecule has 0 unspecified atom stereocenters. The normalized spacial score (nSPS) is 11.2. The van der Waals surface area contributed by atoms with Gasteiger partial charge in [-0.1, -0.05) is 12.1 Å². The fourth-order valence-electron chi connectivity index (χ4n) is 1.45. The summed E-state index contributed by atoms with van der Waals surface area (Å²) in [6.07, 6.45) is 2.73. The van der Waals surface area contributed by atoms with Gasteiger partial charge in [-0.05, 0) is 30.7 Å². The molecule has 0 amide bonds. The van der Waals surface area contributed by atoms with Gasteiger partial charge in [0, 0.05) is 12.4 Å². The Morgan fingerprint density at radius 3 is 2.67 bits per heavy atom. The first-order valence-corrected chi connectivity index (χ1v) is 6.70. The second-order valence-corrected chi connectivity index (χ2v) is 5.45. The molecule has 0 aliphatic rings. The van der Waals surface area contributed by atoms with Crippen LogP contribution in [0.15, 0.2) is 47.6 Å². The summed E-state index contributed by atoms with van der Waals surface area (Å²) in [5.41, 5.74) is 0.750. The van der Waals surface area contributed by atoms with Crippen molar-refractivity contribution in [3.05, 3.63) is 48.3 Å². The van der Waals surface area contributed by atoms with Crippen LogP contribution in [0.1, 0.15) is 5.56 Å². The van der Waals surface area contributed by atoms with Gasteiger partial charge in [-0.15, -0.1) is 0 Å². The second-order valence-electron chi connectivity index (χ2n) is 3.77. The maximum absolute atomic E-state index is 12.0. The highest BCUT2D eigenvalue weighted by Crippen LogP contribution is 2.28. The number of benzene rings is 1.